The molecule has 1 aliphatic rings. The Balaban J connectivity index is 1.94. The second kappa shape index (κ2) is 4.36. The van der Waals surface area contributed by atoms with Crippen LogP contribution in [0.1, 0.15) is 11.1 Å². The Kier molecular flexibility index (Phi) is 2.28. The standard InChI is InChI=1S/C24H16/c1-2-7-19-15(4-1)10-12-20-21-13-11-17-6-3-5-16-8-9-18(14-22(19)20)24(21)23(16)17/h1-7,10-14H,8-9H2. The smallest absolute Gasteiger partial charge is 0.00640 e. The van der Waals surface area contributed by atoms with Gasteiger partial charge < -0.3 is 0 Å². The normalized spacial score (nSPS) is 13.5. The Morgan fingerprint density at radius 2 is 1.25 bits per heavy atom. The molecule has 0 saturated carbocycles. The van der Waals surface area contributed by atoms with Gasteiger partial charge in [0.05, 0.1) is 0 Å². The molecular formula is C24H16. The monoisotopic (exact) mass is 304 g/mol. The SMILES string of the molecule is c1ccc2c(c1)ccc1c2cc2c3c1ccc1cccc(c13)CC2. The van der Waals surface area contributed by atoms with Gasteiger partial charge in [0.2, 0.25) is 0 Å². The lowest BCUT2D eigenvalue weighted by Gasteiger charge is -2.20. The van der Waals surface area contributed by atoms with Crippen LogP contribution in [0.4, 0.5) is 0 Å². The Morgan fingerprint density at radius 1 is 0.458 bits per heavy atom. The quantitative estimate of drug-likeness (QED) is 0.290. The fraction of sp³-hybridized carbons (Fsp3) is 0.0833. The minimum Gasteiger partial charge on any atom is -0.0616 e. The molecule has 0 fully saturated rings. The van der Waals surface area contributed by atoms with E-state index in [0.717, 1.165) is 12.8 Å². The van der Waals surface area contributed by atoms with Crippen LogP contribution in [0.5, 0.6) is 0 Å². The van der Waals surface area contributed by atoms with E-state index in [-0.39, 0.29) is 0 Å². The number of aryl methyl sites for hydroxylation is 2. The second-order valence-corrected chi connectivity index (χ2v) is 6.92. The van der Waals surface area contributed by atoms with E-state index < -0.39 is 0 Å². The third kappa shape index (κ3) is 1.48. The highest BCUT2D eigenvalue weighted by Gasteiger charge is 2.17. The van der Waals surface area contributed by atoms with E-state index in [1.165, 1.54) is 54.2 Å². The molecule has 0 spiro atoms. The van der Waals surface area contributed by atoms with Gasteiger partial charge in [0, 0.05) is 0 Å². The molecule has 5 aromatic rings. The molecule has 5 aromatic carbocycles. The minimum absolute atomic E-state index is 1.14. The van der Waals surface area contributed by atoms with Crippen molar-refractivity contribution in [2.45, 2.75) is 12.8 Å². The highest BCUT2D eigenvalue weighted by atomic mass is 14.2. The van der Waals surface area contributed by atoms with Crippen molar-refractivity contribution >= 4 is 43.1 Å². The lowest BCUT2D eigenvalue weighted by molar-refractivity contribution is 0.970. The van der Waals surface area contributed by atoms with Crippen molar-refractivity contribution < 1.29 is 0 Å². The average Bonchev–Trinajstić information content (AvgIpc) is 2.65. The first kappa shape index (κ1) is 12.5. The Labute approximate surface area is 140 Å². The summed E-state index contributed by atoms with van der Waals surface area (Å²) >= 11 is 0. The number of benzene rings is 5. The Bertz CT molecular complexity index is 1290. The molecule has 0 radical (unpaired) electrons. The summed E-state index contributed by atoms with van der Waals surface area (Å²) in [6, 6.07) is 27.1. The van der Waals surface area contributed by atoms with Gasteiger partial charge in [-0.1, -0.05) is 66.7 Å². The zero-order chi connectivity index (χ0) is 15.7. The number of fused-ring (bicyclic) bond motifs is 4. The third-order valence-electron chi connectivity index (χ3n) is 5.70. The van der Waals surface area contributed by atoms with Gasteiger partial charge in [0.25, 0.3) is 0 Å². The minimum atomic E-state index is 1.14. The van der Waals surface area contributed by atoms with Crippen LogP contribution in [0.25, 0.3) is 43.1 Å². The van der Waals surface area contributed by atoms with E-state index in [4.69, 9.17) is 0 Å². The van der Waals surface area contributed by atoms with Crippen LogP contribution in [0, 0.1) is 0 Å². The van der Waals surface area contributed by atoms with Crippen molar-refractivity contribution in [2.75, 3.05) is 0 Å². The molecule has 0 amide bonds. The van der Waals surface area contributed by atoms with Crippen molar-refractivity contribution in [1.82, 2.24) is 0 Å². The first-order valence-electron chi connectivity index (χ1n) is 8.68. The lowest BCUT2D eigenvalue weighted by Crippen LogP contribution is -2.01. The van der Waals surface area contributed by atoms with Gasteiger partial charge in [0.1, 0.15) is 0 Å². The number of rotatable bonds is 0. The van der Waals surface area contributed by atoms with E-state index in [1.54, 1.807) is 0 Å². The second-order valence-electron chi connectivity index (χ2n) is 6.92. The van der Waals surface area contributed by atoms with Crippen LogP contribution in [0.2, 0.25) is 0 Å². The molecule has 0 nitrogen and oxygen atoms in total. The number of hydrogen-bond donors (Lipinski definition) is 0. The van der Waals surface area contributed by atoms with Gasteiger partial charge in [-0.3, -0.25) is 0 Å². The predicted molar refractivity (Wildman–Crippen MR) is 104 cm³/mol. The van der Waals surface area contributed by atoms with E-state index in [9.17, 15) is 0 Å². The van der Waals surface area contributed by atoms with Crippen LogP contribution in [0.15, 0.2) is 72.8 Å². The molecular weight excluding hydrogens is 288 g/mol. The fourth-order valence-corrected chi connectivity index (χ4v) is 4.62. The van der Waals surface area contributed by atoms with Crippen molar-refractivity contribution in [3.63, 3.8) is 0 Å². The molecule has 0 heteroatoms. The first-order chi connectivity index (χ1) is 11.9. The summed E-state index contributed by atoms with van der Waals surface area (Å²) in [5.41, 5.74) is 3.02. The molecule has 0 heterocycles. The van der Waals surface area contributed by atoms with Crippen molar-refractivity contribution in [2.24, 2.45) is 0 Å². The van der Waals surface area contributed by atoms with Gasteiger partial charge in [-0.15, -0.1) is 0 Å². The summed E-state index contributed by atoms with van der Waals surface area (Å²) in [5, 5.41) is 11.2. The highest BCUT2D eigenvalue weighted by molar-refractivity contribution is 6.24. The largest absolute Gasteiger partial charge is 0.0616 e. The van der Waals surface area contributed by atoms with Gasteiger partial charge in [-0.25, -0.2) is 0 Å². The third-order valence-corrected chi connectivity index (χ3v) is 5.70. The summed E-state index contributed by atoms with van der Waals surface area (Å²) in [5.74, 6) is 0. The molecule has 6 rings (SSSR count). The van der Waals surface area contributed by atoms with Gasteiger partial charge in [-0.2, -0.15) is 0 Å². The summed E-state index contributed by atoms with van der Waals surface area (Å²) in [6.07, 6.45) is 2.30. The first-order valence-corrected chi connectivity index (χ1v) is 8.68. The molecule has 0 bridgehead atoms. The van der Waals surface area contributed by atoms with Crippen LogP contribution < -0.4 is 0 Å². The Morgan fingerprint density at radius 3 is 2.25 bits per heavy atom. The molecule has 0 atom stereocenters. The van der Waals surface area contributed by atoms with Crippen molar-refractivity contribution in [3.8, 4) is 0 Å². The van der Waals surface area contributed by atoms with Gasteiger partial charge >= 0.3 is 0 Å². The van der Waals surface area contributed by atoms with Gasteiger partial charge in [-0.05, 0) is 73.1 Å². The molecule has 0 N–H and O–H groups in total. The zero-order valence-electron chi connectivity index (χ0n) is 13.3. The average molecular weight is 304 g/mol. The maximum Gasteiger partial charge on any atom is -0.00640 e. The maximum absolute atomic E-state index is 2.45. The van der Waals surface area contributed by atoms with Crippen molar-refractivity contribution in [1.29, 1.82) is 0 Å². The van der Waals surface area contributed by atoms with E-state index in [2.05, 4.69) is 72.8 Å². The lowest BCUT2D eigenvalue weighted by atomic mass is 9.83. The molecule has 112 valence electrons. The molecule has 0 aromatic heterocycles. The van der Waals surface area contributed by atoms with Crippen LogP contribution >= 0.6 is 0 Å². The van der Waals surface area contributed by atoms with E-state index >= 15 is 0 Å². The zero-order valence-corrected chi connectivity index (χ0v) is 13.3. The summed E-state index contributed by atoms with van der Waals surface area (Å²) in [6.45, 7) is 0. The molecule has 0 saturated heterocycles. The molecule has 0 aliphatic heterocycles. The molecule has 0 unspecified atom stereocenters. The number of hydrogen-bond acceptors (Lipinski definition) is 0. The Hall–Kier alpha value is -2.86. The molecule has 24 heavy (non-hydrogen) atoms. The predicted octanol–water partition coefficient (Wildman–Crippen LogP) is 6.40. The van der Waals surface area contributed by atoms with Crippen LogP contribution in [-0.2, 0) is 12.8 Å². The van der Waals surface area contributed by atoms with Crippen LogP contribution in [0.3, 0.4) is 0 Å². The summed E-state index contributed by atoms with van der Waals surface area (Å²) < 4.78 is 0. The topological polar surface area (TPSA) is 0 Å². The van der Waals surface area contributed by atoms with E-state index in [1.807, 2.05) is 0 Å². The summed E-state index contributed by atoms with van der Waals surface area (Å²) in [7, 11) is 0. The van der Waals surface area contributed by atoms with Crippen molar-refractivity contribution in [3.05, 3.63) is 83.9 Å². The van der Waals surface area contributed by atoms with Crippen LogP contribution in [-0.4, -0.2) is 0 Å². The highest BCUT2D eigenvalue weighted by Crippen LogP contribution is 2.40. The van der Waals surface area contributed by atoms with E-state index in [0.29, 0.717) is 0 Å². The van der Waals surface area contributed by atoms with Gasteiger partial charge in [0.15, 0.2) is 0 Å². The summed E-state index contributed by atoms with van der Waals surface area (Å²) in [4.78, 5) is 0. The fourth-order valence-electron chi connectivity index (χ4n) is 4.62. The molecule has 1 aliphatic carbocycles. The maximum atomic E-state index is 2.45.